The molecular weight excluding hydrogens is 346 g/mol. The van der Waals surface area contributed by atoms with Gasteiger partial charge in [-0.1, -0.05) is 39.0 Å². The molecule has 0 heterocycles. The summed E-state index contributed by atoms with van der Waals surface area (Å²) in [6.07, 6.45) is 2.13. The van der Waals surface area contributed by atoms with Crippen LogP contribution >= 0.6 is 0 Å². The van der Waals surface area contributed by atoms with E-state index in [1.165, 1.54) is 13.3 Å². The van der Waals surface area contributed by atoms with Gasteiger partial charge in [-0.05, 0) is 44.2 Å². The number of carbonyl (C=O) groups is 3. The molecule has 3 unspecified atom stereocenters. The van der Waals surface area contributed by atoms with Crippen molar-refractivity contribution in [1.82, 2.24) is 5.32 Å². The molecule has 2 aliphatic rings. The molecule has 6 heteroatoms. The highest BCUT2D eigenvalue weighted by molar-refractivity contribution is 5.97. The molecule has 0 aliphatic heterocycles. The Labute approximate surface area is 159 Å². The van der Waals surface area contributed by atoms with Crippen molar-refractivity contribution in [3.05, 3.63) is 35.9 Å². The van der Waals surface area contributed by atoms with Crippen molar-refractivity contribution >= 4 is 18.0 Å². The topological polar surface area (TPSA) is 81.7 Å². The van der Waals surface area contributed by atoms with E-state index in [2.05, 4.69) is 26.1 Å². The Bertz CT molecular complexity index is 739. The van der Waals surface area contributed by atoms with E-state index in [1.54, 1.807) is 30.3 Å². The van der Waals surface area contributed by atoms with E-state index in [0.717, 1.165) is 12.8 Å². The Morgan fingerprint density at radius 2 is 1.81 bits per heavy atom. The molecule has 3 rings (SSSR count). The van der Waals surface area contributed by atoms with Crippen molar-refractivity contribution in [1.29, 1.82) is 0 Å². The molecule has 2 aliphatic carbocycles. The minimum Gasteiger partial charge on any atom is -0.460 e. The van der Waals surface area contributed by atoms with Crippen molar-refractivity contribution in [2.75, 3.05) is 0 Å². The quantitative estimate of drug-likeness (QED) is 0.643. The Morgan fingerprint density at radius 1 is 1.15 bits per heavy atom. The number of carbonyl (C=O) groups excluding carboxylic acids is 3. The molecule has 0 aromatic heterocycles. The maximum atomic E-state index is 12.5. The number of hydrogen-bond acceptors (Lipinski definition) is 5. The molecule has 1 amide bonds. The van der Waals surface area contributed by atoms with Gasteiger partial charge in [-0.15, -0.1) is 0 Å². The molecule has 0 saturated heterocycles. The summed E-state index contributed by atoms with van der Waals surface area (Å²) in [5.41, 5.74) is 0.180. The molecule has 2 saturated carbocycles. The summed E-state index contributed by atoms with van der Waals surface area (Å²) in [6, 6.07) is 7.29. The maximum Gasteiger partial charge on any atom is 0.415 e. The van der Waals surface area contributed by atoms with Crippen LogP contribution in [0.3, 0.4) is 0 Å². The predicted octanol–water partition coefficient (Wildman–Crippen LogP) is 3.70. The smallest absolute Gasteiger partial charge is 0.415 e. The monoisotopic (exact) mass is 373 g/mol. The highest BCUT2D eigenvalue weighted by Crippen LogP contribution is 2.63. The van der Waals surface area contributed by atoms with Gasteiger partial charge in [-0.2, -0.15) is 0 Å². The first kappa shape index (κ1) is 19.4. The molecule has 2 bridgehead atoms. The number of benzene rings is 1. The summed E-state index contributed by atoms with van der Waals surface area (Å²) >= 11 is 0. The zero-order valence-corrected chi connectivity index (χ0v) is 16.3. The Hall–Kier alpha value is -2.37. The van der Waals surface area contributed by atoms with Gasteiger partial charge in [-0.25, -0.2) is 14.4 Å². The lowest BCUT2D eigenvalue weighted by molar-refractivity contribution is -0.166. The SMILES string of the molecule is C[C@@H](NC(=O)OC(=O)c1ccccc1)C(=O)OC1C2(C)CCC(C2)C1(C)C. The van der Waals surface area contributed by atoms with Crippen LogP contribution in [0.15, 0.2) is 30.3 Å². The molecular formula is C21H27NO5. The van der Waals surface area contributed by atoms with Crippen LogP contribution in [0.2, 0.25) is 0 Å². The number of hydrogen-bond donors (Lipinski definition) is 1. The van der Waals surface area contributed by atoms with Crippen LogP contribution in [0.5, 0.6) is 0 Å². The van der Waals surface area contributed by atoms with Crippen molar-refractivity contribution < 1.29 is 23.9 Å². The normalized spacial score (nSPS) is 29.0. The number of fused-ring (bicyclic) bond motifs is 2. The molecule has 6 nitrogen and oxygen atoms in total. The molecule has 27 heavy (non-hydrogen) atoms. The van der Waals surface area contributed by atoms with Gasteiger partial charge in [-0.3, -0.25) is 0 Å². The summed E-state index contributed by atoms with van der Waals surface area (Å²) in [7, 11) is 0. The summed E-state index contributed by atoms with van der Waals surface area (Å²) in [5.74, 6) is -0.724. The van der Waals surface area contributed by atoms with Gasteiger partial charge in [0.1, 0.15) is 12.1 Å². The first-order valence-corrected chi connectivity index (χ1v) is 9.42. The summed E-state index contributed by atoms with van der Waals surface area (Å²) < 4.78 is 10.6. The van der Waals surface area contributed by atoms with Gasteiger partial charge in [0.25, 0.3) is 0 Å². The van der Waals surface area contributed by atoms with E-state index >= 15 is 0 Å². The predicted molar refractivity (Wildman–Crippen MR) is 99.0 cm³/mol. The van der Waals surface area contributed by atoms with Crippen LogP contribution in [0.1, 0.15) is 57.3 Å². The minimum absolute atomic E-state index is 0.00662. The van der Waals surface area contributed by atoms with Gasteiger partial charge in [0.2, 0.25) is 0 Å². The van der Waals surface area contributed by atoms with E-state index in [4.69, 9.17) is 9.47 Å². The highest BCUT2D eigenvalue weighted by atomic mass is 16.6. The van der Waals surface area contributed by atoms with Gasteiger partial charge < -0.3 is 14.8 Å². The van der Waals surface area contributed by atoms with Crippen LogP contribution in [-0.4, -0.2) is 30.2 Å². The van der Waals surface area contributed by atoms with Crippen molar-refractivity contribution in [3.8, 4) is 0 Å². The molecule has 0 radical (unpaired) electrons. The molecule has 2 fully saturated rings. The number of amides is 1. The van der Waals surface area contributed by atoms with Crippen LogP contribution in [-0.2, 0) is 14.3 Å². The zero-order valence-electron chi connectivity index (χ0n) is 16.3. The van der Waals surface area contributed by atoms with E-state index < -0.39 is 24.1 Å². The van der Waals surface area contributed by atoms with Crippen molar-refractivity contribution in [2.45, 2.75) is 59.1 Å². The number of esters is 2. The average molecular weight is 373 g/mol. The molecule has 0 spiro atoms. The van der Waals surface area contributed by atoms with Crippen LogP contribution in [0.4, 0.5) is 4.79 Å². The number of nitrogens with one attached hydrogen (secondary N) is 1. The zero-order chi connectivity index (χ0) is 19.8. The lowest BCUT2D eigenvalue weighted by Crippen LogP contribution is -2.48. The third-order valence-electron chi connectivity index (χ3n) is 6.25. The van der Waals surface area contributed by atoms with E-state index in [0.29, 0.717) is 5.92 Å². The number of alkyl carbamates (subject to hydrolysis) is 1. The number of rotatable bonds is 4. The molecule has 146 valence electrons. The fraction of sp³-hybridized carbons (Fsp3) is 0.571. The second kappa shape index (κ2) is 6.98. The molecule has 1 N–H and O–H groups in total. The van der Waals surface area contributed by atoms with Crippen LogP contribution in [0.25, 0.3) is 0 Å². The third-order valence-corrected chi connectivity index (χ3v) is 6.25. The van der Waals surface area contributed by atoms with E-state index in [-0.39, 0.29) is 22.5 Å². The Morgan fingerprint density at radius 3 is 2.41 bits per heavy atom. The minimum atomic E-state index is -0.966. The summed E-state index contributed by atoms with van der Waals surface area (Å²) in [4.78, 5) is 36.4. The largest absolute Gasteiger partial charge is 0.460 e. The lowest BCUT2D eigenvalue weighted by Gasteiger charge is -2.42. The lowest BCUT2D eigenvalue weighted by atomic mass is 9.70. The first-order chi connectivity index (χ1) is 12.6. The highest BCUT2D eigenvalue weighted by Gasteiger charge is 2.61. The third kappa shape index (κ3) is 3.70. The van der Waals surface area contributed by atoms with Gasteiger partial charge in [0.15, 0.2) is 0 Å². The van der Waals surface area contributed by atoms with E-state index in [1.807, 2.05) is 0 Å². The van der Waals surface area contributed by atoms with Crippen LogP contribution in [0, 0.1) is 16.7 Å². The van der Waals surface area contributed by atoms with Gasteiger partial charge in [0.05, 0.1) is 5.56 Å². The average Bonchev–Trinajstić information content (AvgIpc) is 3.10. The summed E-state index contributed by atoms with van der Waals surface area (Å²) in [6.45, 7) is 7.99. The van der Waals surface area contributed by atoms with Crippen molar-refractivity contribution in [2.24, 2.45) is 16.7 Å². The van der Waals surface area contributed by atoms with E-state index in [9.17, 15) is 14.4 Å². The fourth-order valence-corrected chi connectivity index (χ4v) is 4.75. The van der Waals surface area contributed by atoms with Crippen LogP contribution < -0.4 is 5.32 Å². The maximum absolute atomic E-state index is 12.5. The molecule has 1 aromatic rings. The van der Waals surface area contributed by atoms with Gasteiger partial charge in [0, 0.05) is 10.8 Å². The molecule has 1 aromatic carbocycles. The van der Waals surface area contributed by atoms with Crippen molar-refractivity contribution in [3.63, 3.8) is 0 Å². The first-order valence-electron chi connectivity index (χ1n) is 9.42. The standard InChI is InChI=1S/C21H27NO5/c1-13(22-19(25)27-17(24)14-8-6-5-7-9-14)16(23)26-18-20(2,3)15-10-11-21(18,4)12-15/h5-9,13,15,18H,10-12H2,1-4H3,(H,22,25)/t13-,15?,18?,21?/m1/s1. The van der Waals surface area contributed by atoms with Gasteiger partial charge >= 0.3 is 18.0 Å². The number of ether oxygens (including phenoxy) is 2. The molecule has 4 atom stereocenters. The fourth-order valence-electron chi connectivity index (χ4n) is 4.75. The Kier molecular flexibility index (Phi) is 5.02. The second-order valence-electron chi connectivity index (χ2n) is 8.64. The summed E-state index contributed by atoms with van der Waals surface area (Å²) in [5, 5.41) is 2.38. The Balaban J connectivity index is 1.55. The second-order valence-corrected chi connectivity index (χ2v) is 8.64.